The number of benzene rings is 1. The van der Waals surface area contributed by atoms with Crippen molar-refractivity contribution in [1.82, 2.24) is 4.98 Å². The lowest BCUT2D eigenvalue weighted by atomic mass is 9.93. The molecule has 3 nitrogen and oxygen atoms in total. The topological polar surface area (TPSA) is 39.2 Å². The van der Waals surface area contributed by atoms with Gasteiger partial charge in [0.2, 0.25) is 0 Å². The lowest BCUT2D eigenvalue weighted by Gasteiger charge is -2.16. The van der Waals surface area contributed by atoms with Crippen molar-refractivity contribution in [1.29, 1.82) is 0 Å². The van der Waals surface area contributed by atoms with E-state index < -0.39 is 0 Å². The molecule has 1 aromatic carbocycles. The van der Waals surface area contributed by atoms with Gasteiger partial charge in [0.15, 0.2) is 5.78 Å². The summed E-state index contributed by atoms with van der Waals surface area (Å²) >= 11 is 0. The van der Waals surface area contributed by atoms with Gasteiger partial charge in [0, 0.05) is 17.0 Å². The molecule has 0 N–H and O–H groups in total. The molecule has 2 aromatic rings. The van der Waals surface area contributed by atoms with Crippen molar-refractivity contribution in [2.24, 2.45) is 0 Å². The first-order chi connectivity index (χ1) is 11.2. The number of carbonyl (C=O) groups excluding carboxylic acids is 1. The van der Waals surface area contributed by atoms with Crippen LogP contribution in [0.3, 0.4) is 0 Å². The fraction of sp³-hybridized carbons (Fsp3) is 0.300. The second-order valence-electron chi connectivity index (χ2n) is 5.91. The van der Waals surface area contributed by atoms with Gasteiger partial charge in [-0.3, -0.25) is 9.78 Å². The molecule has 1 aliphatic rings. The van der Waals surface area contributed by atoms with E-state index in [0.717, 1.165) is 35.4 Å². The number of allylic oxidation sites excluding steroid dienone is 1. The van der Waals surface area contributed by atoms with Crippen LogP contribution in [0.25, 0.3) is 6.08 Å². The SMILES string of the molecule is COc1ccc(/C=C/C(=O)c2cc3c(nc2C)CCCC3)cc1. The summed E-state index contributed by atoms with van der Waals surface area (Å²) in [7, 11) is 1.64. The van der Waals surface area contributed by atoms with Crippen LogP contribution in [-0.4, -0.2) is 17.9 Å². The Bertz CT molecular complexity index is 745. The van der Waals surface area contributed by atoms with E-state index in [1.165, 1.54) is 24.1 Å². The molecular weight excluding hydrogens is 286 g/mol. The highest BCUT2D eigenvalue weighted by Gasteiger charge is 2.15. The lowest BCUT2D eigenvalue weighted by molar-refractivity contribution is 0.104. The number of carbonyl (C=O) groups is 1. The van der Waals surface area contributed by atoms with Gasteiger partial charge in [-0.25, -0.2) is 0 Å². The Labute approximate surface area is 137 Å². The van der Waals surface area contributed by atoms with E-state index in [1.54, 1.807) is 13.2 Å². The van der Waals surface area contributed by atoms with E-state index >= 15 is 0 Å². The van der Waals surface area contributed by atoms with Crippen LogP contribution >= 0.6 is 0 Å². The third kappa shape index (κ3) is 3.50. The Balaban J connectivity index is 1.80. The van der Waals surface area contributed by atoms with Gasteiger partial charge in [-0.05, 0) is 68.0 Å². The summed E-state index contributed by atoms with van der Waals surface area (Å²) in [5, 5.41) is 0. The molecule has 0 fully saturated rings. The molecule has 1 aliphatic carbocycles. The molecule has 0 amide bonds. The summed E-state index contributed by atoms with van der Waals surface area (Å²) in [6.07, 6.45) is 7.91. The van der Waals surface area contributed by atoms with Gasteiger partial charge in [-0.2, -0.15) is 0 Å². The third-order valence-corrected chi connectivity index (χ3v) is 4.30. The minimum absolute atomic E-state index is 0.0131. The smallest absolute Gasteiger partial charge is 0.187 e. The zero-order valence-electron chi connectivity index (χ0n) is 13.6. The number of nitrogens with zero attached hydrogens (tertiary/aromatic N) is 1. The molecule has 0 unspecified atom stereocenters. The molecule has 23 heavy (non-hydrogen) atoms. The molecule has 0 aliphatic heterocycles. The number of pyridine rings is 1. The van der Waals surface area contributed by atoms with Crippen molar-refractivity contribution in [2.45, 2.75) is 32.6 Å². The van der Waals surface area contributed by atoms with Gasteiger partial charge in [-0.1, -0.05) is 18.2 Å². The summed E-state index contributed by atoms with van der Waals surface area (Å²) in [5.41, 5.74) is 4.93. The quantitative estimate of drug-likeness (QED) is 0.628. The molecule has 0 saturated carbocycles. The van der Waals surface area contributed by atoms with Gasteiger partial charge in [0.1, 0.15) is 5.75 Å². The summed E-state index contributed by atoms with van der Waals surface area (Å²) in [5.74, 6) is 0.822. The zero-order valence-corrected chi connectivity index (χ0v) is 13.6. The van der Waals surface area contributed by atoms with Gasteiger partial charge in [0.25, 0.3) is 0 Å². The molecule has 3 heteroatoms. The van der Waals surface area contributed by atoms with E-state index in [-0.39, 0.29) is 5.78 Å². The first-order valence-corrected chi connectivity index (χ1v) is 8.03. The van der Waals surface area contributed by atoms with Crippen molar-refractivity contribution < 1.29 is 9.53 Å². The van der Waals surface area contributed by atoms with E-state index in [2.05, 4.69) is 4.98 Å². The average molecular weight is 307 g/mol. The Morgan fingerprint density at radius 1 is 1.17 bits per heavy atom. The van der Waals surface area contributed by atoms with Crippen LogP contribution in [0.15, 0.2) is 36.4 Å². The van der Waals surface area contributed by atoms with Gasteiger partial charge in [0.05, 0.1) is 7.11 Å². The molecule has 118 valence electrons. The maximum Gasteiger partial charge on any atom is 0.187 e. The van der Waals surface area contributed by atoms with Crippen molar-refractivity contribution in [2.75, 3.05) is 7.11 Å². The van der Waals surface area contributed by atoms with Crippen LogP contribution in [0, 0.1) is 6.92 Å². The van der Waals surface area contributed by atoms with E-state index in [1.807, 2.05) is 43.3 Å². The van der Waals surface area contributed by atoms with Crippen molar-refractivity contribution >= 4 is 11.9 Å². The van der Waals surface area contributed by atoms with Crippen LogP contribution in [0.2, 0.25) is 0 Å². The number of fused-ring (bicyclic) bond motifs is 1. The van der Waals surface area contributed by atoms with Crippen LogP contribution in [0.5, 0.6) is 5.75 Å². The first kappa shape index (κ1) is 15.5. The number of hydrogen-bond acceptors (Lipinski definition) is 3. The van der Waals surface area contributed by atoms with Crippen LogP contribution in [0.1, 0.15) is 45.7 Å². The maximum absolute atomic E-state index is 12.5. The molecule has 1 aromatic heterocycles. The lowest BCUT2D eigenvalue weighted by Crippen LogP contribution is -2.10. The van der Waals surface area contributed by atoms with Crippen LogP contribution < -0.4 is 4.74 Å². The predicted molar refractivity (Wildman–Crippen MR) is 92.0 cm³/mol. The number of aryl methyl sites for hydroxylation is 3. The number of rotatable bonds is 4. The number of aromatic nitrogens is 1. The number of ketones is 1. The number of ether oxygens (including phenoxy) is 1. The van der Waals surface area contributed by atoms with E-state index in [9.17, 15) is 4.79 Å². The molecule has 0 bridgehead atoms. The summed E-state index contributed by atoms with van der Waals surface area (Å²) in [6, 6.07) is 9.67. The Hall–Kier alpha value is -2.42. The second-order valence-corrected chi connectivity index (χ2v) is 5.91. The molecule has 1 heterocycles. The monoisotopic (exact) mass is 307 g/mol. The number of methoxy groups -OCH3 is 1. The first-order valence-electron chi connectivity index (χ1n) is 8.03. The van der Waals surface area contributed by atoms with Gasteiger partial charge < -0.3 is 4.74 Å². The molecule has 0 radical (unpaired) electrons. The minimum Gasteiger partial charge on any atom is -0.497 e. The Morgan fingerprint density at radius 2 is 1.91 bits per heavy atom. The minimum atomic E-state index is 0.0131. The van der Waals surface area contributed by atoms with Crippen LogP contribution in [-0.2, 0) is 12.8 Å². The fourth-order valence-corrected chi connectivity index (χ4v) is 2.96. The second kappa shape index (κ2) is 6.78. The fourth-order valence-electron chi connectivity index (χ4n) is 2.96. The molecular formula is C20H21NO2. The van der Waals surface area contributed by atoms with E-state index in [0.29, 0.717) is 0 Å². The van der Waals surface area contributed by atoms with Crippen molar-refractivity contribution in [3.63, 3.8) is 0 Å². The van der Waals surface area contributed by atoms with Gasteiger partial charge >= 0.3 is 0 Å². The van der Waals surface area contributed by atoms with Crippen molar-refractivity contribution in [3.05, 3.63) is 64.5 Å². The van der Waals surface area contributed by atoms with Gasteiger partial charge in [-0.15, -0.1) is 0 Å². The summed E-state index contributed by atoms with van der Waals surface area (Å²) in [6.45, 7) is 1.92. The molecule has 0 spiro atoms. The standard InChI is InChI=1S/C20H21NO2/c1-14-18(13-16-5-3-4-6-19(16)21-14)20(22)12-9-15-7-10-17(23-2)11-8-15/h7-13H,3-6H2,1-2H3/b12-9+. The highest BCUT2D eigenvalue weighted by atomic mass is 16.5. The van der Waals surface area contributed by atoms with Crippen LogP contribution in [0.4, 0.5) is 0 Å². The molecule has 0 atom stereocenters. The molecule has 0 saturated heterocycles. The molecule has 3 rings (SSSR count). The Kier molecular flexibility index (Phi) is 4.56. The van der Waals surface area contributed by atoms with Crippen molar-refractivity contribution in [3.8, 4) is 5.75 Å². The zero-order chi connectivity index (χ0) is 16.2. The predicted octanol–water partition coefficient (Wildman–Crippen LogP) is 4.17. The maximum atomic E-state index is 12.5. The third-order valence-electron chi connectivity index (χ3n) is 4.30. The number of hydrogen-bond donors (Lipinski definition) is 0. The average Bonchev–Trinajstić information content (AvgIpc) is 2.59. The normalized spacial score (nSPS) is 13.8. The summed E-state index contributed by atoms with van der Waals surface area (Å²) < 4.78 is 5.13. The highest BCUT2D eigenvalue weighted by molar-refractivity contribution is 6.07. The highest BCUT2D eigenvalue weighted by Crippen LogP contribution is 2.22. The summed E-state index contributed by atoms with van der Waals surface area (Å²) in [4.78, 5) is 17.1. The largest absolute Gasteiger partial charge is 0.497 e. The Morgan fingerprint density at radius 3 is 2.65 bits per heavy atom. The van der Waals surface area contributed by atoms with E-state index in [4.69, 9.17) is 4.74 Å².